The molecule has 2 aromatic carbocycles. The number of amides is 2. The summed E-state index contributed by atoms with van der Waals surface area (Å²) in [7, 11) is 1.64. The third-order valence-corrected chi connectivity index (χ3v) is 10.9. The molecule has 9 heteroatoms. The number of carbonyl (C=O) groups excluding carboxylic acids is 2. The Morgan fingerprint density at radius 2 is 1.67 bits per heavy atom. The van der Waals surface area contributed by atoms with Crippen LogP contribution >= 0.6 is 11.3 Å². The van der Waals surface area contributed by atoms with Crippen molar-refractivity contribution in [1.82, 2.24) is 9.88 Å². The fourth-order valence-electron chi connectivity index (χ4n) is 8.41. The van der Waals surface area contributed by atoms with E-state index >= 15 is 0 Å². The number of primary amides is 1. The van der Waals surface area contributed by atoms with Gasteiger partial charge in [0.15, 0.2) is 5.13 Å². The molecule has 3 N–H and O–H groups in total. The number of nitrogens with one attached hydrogen (secondary N) is 1. The van der Waals surface area contributed by atoms with E-state index in [1.165, 1.54) is 44.2 Å². The fourth-order valence-corrected chi connectivity index (χ4v) is 9.25. The van der Waals surface area contributed by atoms with Crippen LogP contribution < -0.4 is 20.7 Å². The Hall–Kier alpha value is -3.59. The van der Waals surface area contributed by atoms with Crippen LogP contribution in [0.15, 0.2) is 47.8 Å². The monoisotopic (exact) mass is 585 g/mol. The molecule has 0 unspecified atom stereocenters. The maximum absolute atomic E-state index is 13.0. The summed E-state index contributed by atoms with van der Waals surface area (Å²) in [6.07, 6.45) is 8.47. The van der Waals surface area contributed by atoms with Gasteiger partial charge in [-0.15, -0.1) is 11.3 Å². The molecular formula is C33H39N5O3S. The lowest BCUT2D eigenvalue weighted by atomic mass is 9.49. The van der Waals surface area contributed by atoms with E-state index in [0.717, 1.165) is 45.6 Å². The molecule has 4 saturated carbocycles. The molecule has 2 heterocycles. The minimum atomic E-state index is -0.452. The highest BCUT2D eigenvalue weighted by molar-refractivity contribution is 7.13. The highest BCUT2D eigenvalue weighted by Crippen LogP contribution is 2.60. The molecule has 8 nitrogen and oxygen atoms in total. The molecule has 8 rings (SSSR count). The number of nitrogens with zero attached hydrogens (tertiary/aromatic N) is 3. The molecule has 0 atom stereocenters. The van der Waals surface area contributed by atoms with Crippen LogP contribution in [0.25, 0.3) is 0 Å². The molecule has 1 aliphatic heterocycles. The third-order valence-electron chi connectivity index (χ3n) is 10.1. The van der Waals surface area contributed by atoms with E-state index in [-0.39, 0.29) is 11.3 Å². The van der Waals surface area contributed by atoms with Crippen LogP contribution in [0.4, 0.5) is 16.5 Å². The summed E-state index contributed by atoms with van der Waals surface area (Å²) in [4.78, 5) is 34.5. The molecule has 1 saturated heterocycles. The molecule has 4 bridgehead atoms. The Morgan fingerprint density at radius 3 is 2.29 bits per heavy atom. The molecule has 2 amide bonds. The number of anilines is 3. The van der Waals surface area contributed by atoms with Gasteiger partial charge >= 0.3 is 0 Å². The van der Waals surface area contributed by atoms with Crippen molar-refractivity contribution >= 4 is 39.7 Å². The average Bonchev–Trinajstić information content (AvgIpc) is 3.46. The van der Waals surface area contributed by atoms with Gasteiger partial charge in [-0.1, -0.05) is 12.1 Å². The maximum atomic E-state index is 13.0. The van der Waals surface area contributed by atoms with Gasteiger partial charge in [-0.05, 0) is 92.2 Å². The number of benzene rings is 2. The number of nitrogens with two attached hydrogens (primary N) is 1. The van der Waals surface area contributed by atoms with Crippen molar-refractivity contribution in [2.24, 2.45) is 23.5 Å². The molecule has 5 aliphatic rings. The van der Waals surface area contributed by atoms with E-state index in [2.05, 4.69) is 15.6 Å². The van der Waals surface area contributed by atoms with Crippen LogP contribution in [0.2, 0.25) is 0 Å². The van der Waals surface area contributed by atoms with Crippen LogP contribution in [0.1, 0.15) is 60.1 Å². The zero-order valence-electron chi connectivity index (χ0n) is 24.2. The van der Waals surface area contributed by atoms with Crippen molar-refractivity contribution in [2.75, 3.05) is 43.5 Å². The number of ether oxygens (including phenoxy) is 1. The number of rotatable bonds is 8. The maximum Gasteiger partial charge on any atom is 0.248 e. The Kier molecular flexibility index (Phi) is 7.08. The lowest BCUT2D eigenvalue weighted by Gasteiger charge is -2.56. The quantitative estimate of drug-likeness (QED) is 0.370. The Bertz CT molecular complexity index is 1440. The van der Waals surface area contributed by atoms with Gasteiger partial charge in [-0.25, -0.2) is 4.98 Å². The number of piperazine rings is 1. The molecule has 5 fully saturated rings. The lowest BCUT2D eigenvalue weighted by Crippen LogP contribution is -2.49. The molecule has 42 heavy (non-hydrogen) atoms. The SMILES string of the molecule is COc1ccc(CC(=O)N2CCN(c3ccc(C(N)=O)cc3Nc3nc(C45CC6CC(CC(C6)C4)C5)cs3)CC2)cc1. The minimum absolute atomic E-state index is 0.127. The van der Waals surface area contributed by atoms with Crippen LogP contribution in [-0.2, 0) is 16.6 Å². The Morgan fingerprint density at radius 1 is 1.00 bits per heavy atom. The first kappa shape index (κ1) is 27.3. The summed E-state index contributed by atoms with van der Waals surface area (Å²) in [6, 6.07) is 13.2. The summed E-state index contributed by atoms with van der Waals surface area (Å²) in [5.41, 5.74) is 10.4. The van der Waals surface area contributed by atoms with E-state index in [1.54, 1.807) is 24.5 Å². The number of hydrogen-bond acceptors (Lipinski definition) is 7. The van der Waals surface area contributed by atoms with Crippen molar-refractivity contribution in [3.8, 4) is 5.75 Å². The molecule has 3 aromatic rings. The van der Waals surface area contributed by atoms with Crippen molar-refractivity contribution in [3.05, 3.63) is 64.7 Å². The topological polar surface area (TPSA) is 101 Å². The summed E-state index contributed by atoms with van der Waals surface area (Å²) >= 11 is 1.65. The largest absolute Gasteiger partial charge is 0.497 e. The van der Waals surface area contributed by atoms with Gasteiger partial charge < -0.3 is 25.6 Å². The predicted octanol–water partition coefficient (Wildman–Crippen LogP) is 5.35. The van der Waals surface area contributed by atoms with E-state index in [9.17, 15) is 9.59 Å². The standard InChI is InChI=1S/C33H39N5O3S/c1-41-26-5-2-21(3-6-26)15-30(39)38-10-8-37(9-11-38)28-7-4-25(31(34)40)16-27(28)35-32-36-29(20-42-32)33-17-22-12-23(18-33)14-24(13-22)19-33/h2-7,16,20,22-24H,8-15,17-19H2,1H3,(H2,34,40)(H,35,36). The van der Waals surface area contributed by atoms with E-state index < -0.39 is 5.91 Å². The molecular weight excluding hydrogens is 546 g/mol. The summed E-state index contributed by atoms with van der Waals surface area (Å²) < 4.78 is 5.23. The van der Waals surface area contributed by atoms with E-state index in [4.69, 9.17) is 15.5 Å². The van der Waals surface area contributed by atoms with Gasteiger partial charge in [-0.2, -0.15) is 0 Å². The first-order valence-corrected chi connectivity index (χ1v) is 16.1. The fraction of sp³-hybridized carbons (Fsp3) is 0.485. The van der Waals surface area contributed by atoms with Crippen molar-refractivity contribution < 1.29 is 14.3 Å². The van der Waals surface area contributed by atoms with E-state index in [1.807, 2.05) is 41.3 Å². The number of aromatic nitrogens is 1. The van der Waals surface area contributed by atoms with Crippen LogP contribution in [0, 0.1) is 17.8 Å². The van der Waals surface area contributed by atoms with Crippen molar-refractivity contribution in [1.29, 1.82) is 0 Å². The molecule has 220 valence electrons. The number of carbonyl (C=O) groups is 2. The van der Waals surface area contributed by atoms with Gasteiger partial charge in [-0.3, -0.25) is 9.59 Å². The van der Waals surface area contributed by atoms with Gasteiger partial charge in [0.25, 0.3) is 0 Å². The van der Waals surface area contributed by atoms with Crippen LogP contribution in [0.3, 0.4) is 0 Å². The van der Waals surface area contributed by atoms with Gasteiger partial charge in [0.1, 0.15) is 5.75 Å². The summed E-state index contributed by atoms with van der Waals surface area (Å²) in [5, 5.41) is 6.68. The highest BCUT2D eigenvalue weighted by atomic mass is 32.1. The van der Waals surface area contributed by atoms with E-state index in [0.29, 0.717) is 38.2 Å². The van der Waals surface area contributed by atoms with Gasteiger partial charge in [0.2, 0.25) is 11.8 Å². The molecule has 1 aromatic heterocycles. The second-order valence-electron chi connectivity index (χ2n) is 12.8. The average molecular weight is 586 g/mol. The smallest absolute Gasteiger partial charge is 0.248 e. The molecule has 0 spiro atoms. The lowest BCUT2D eigenvalue weighted by molar-refractivity contribution is -0.130. The van der Waals surface area contributed by atoms with Crippen molar-refractivity contribution in [2.45, 2.75) is 50.4 Å². The Labute approximate surface area is 251 Å². The zero-order chi connectivity index (χ0) is 28.8. The first-order valence-electron chi connectivity index (χ1n) is 15.2. The summed E-state index contributed by atoms with van der Waals surface area (Å²) in [5.74, 6) is 3.07. The minimum Gasteiger partial charge on any atom is -0.497 e. The molecule has 0 radical (unpaired) electrons. The molecule has 4 aliphatic carbocycles. The second-order valence-corrected chi connectivity index (χ2v) is 13.7. The number of methoxy groups -OCH3 is 1. The third kappa shape index (κ3) is 5.23. The highest BCUT2D eigenvalue weighted by Gasteiger charge is 2.52. The predicted molar refractivity (Wildman–Crippen MR) is 166 cm³/mol. The van der Waals surface area contributed by atoms with Gasteiger partial charge in [0, 0.05) is 42.5 Å². The normalized spacial score (nSPS) is 26.4. The number of hydrogen-bond donors (Lipinski definition) is 2. The number of thiazole rings is 1. The zero-order valence-corrected chi connectivity index (χ0v) is 25.0. The summed E-state index contributed by atoms with van der Waals surface area (Å²) in [6.45, 7) is 2.68. The van der Waals surface area contributed by atoms with Crippen LogP contribution in [0.5, 0.6) is 5.75 Å². The van der Waals surface area contributed by atoms with Gasteiger partial charge in [0.05, 0.1) is 30.6 Å². The Balaban J connectivity index is 1.05. The van der Waals surface area contributed by atoms with Crippen LogP contribution in [-0.4, -0.2) is 55.0 Å². The second kappa shape index (κ2) is 10.9. The van der Waals surface area contributed by atoms with Crippen molar-refractivity contribution in [3.63, 3.8) is 0 Å². The first-order chi connectivity index (χ1) is 20.4.